The summed E-state index contributed by atoms with van der Waals surface area (Å²) in [7, 11) is 0. The van der Waals surface area contributed by atoms with Crippen molar-refractivity contribution in [1.82, 2.24) is 0 Å². The molecule has 2 rings (SSSR count). The molecule has 1 heterocycles. The normalized spacial score (nSPS) is 20.3. The molecular weight excluding hydrogens is 240 g/mol. The summed E-state index contributed by atoms with van der Waals surface area (Å²) in [5.74, 6) is 0. The van der Waals surface area contributed by atoms with E-state index >= 15 is 0 Å². The smallest absolute Gasteiger partial charge is 0.414 e. The molecule has 17 heavy (non-hydrogen) atoms. The molecule has 0 spiro atoms. The zero-order valence-corrected chi connectivity index (χ0v) is 10.4. The van der Waals surface area contributed by atoms with Gasteiger partial charge >= 0.3 is 6.09 Å². The lowest BCUT2D eigenvalue weighted by atomic mass is 10.1. The van der Waals surface area contributed by atoms with E-state index in [1.165, 1.54) is 0 Å². The van der Waals surface area contributed by atoms with E-state index in [2.05, 4.69) is 0 Å². The first kappa shape index (κ1) is 12.2. The van der Waals surface area contributed by atoms with Crippen LogP contribution < -0.4 is 10.6 Å². The Morgan fingerprint density at radius 3 is 2.94 bits per heavy atom. The number of halogens is 1. The number of carbonyl (C=O) groups is 1. The Kier molecular flexibility index (Phi) is 3.54. The van der Waals surface area contributed by atoms with Crippen molar-refractivity contribution in [3.63, 3.8) is 0 Å². The fourth-order valence-electron chi connectivity index (χ4n) is 1.78. The SMILES string of the molecule is Cc1ccc(N2CCC(CN)OC2=O)cc1Cl. The van der Waals surface area contributed by atoms with Gasteiger partial charge in [-0.1, -0.05) is 17.7 Å². The quantitative estimate of drug-likeness (QED) is 0.881. The lowest BCUT2D eigenvalue weighted by molar-refractivity contribution is 0.0888. The van der Waals surface area contributed by atoms with Crippen LogP contribution in [0.15, 0.2) is 18.2 Å². The van der Waals surface area contributed by atoms with Crippen LogP contribution in [0.3, 0.4) is 0 Å². The van der Waals surface area contributed by atoms with E-state index in [9.17, 15) is 4.79 Å². The van der Waals surface area contributed by atoms with Crippen LogP contribution in [0.25, 0.3) is 0 Å². The van der Waals surface area contributed by atoms with Crippen molar-refractivity contribution in [2.24, 2.45) is 5.73 Å². The van der Waals surface area contributed by atoms with Gasteiger partial charge in [0.25, 0.3) is 0 Å². The highest BCUT2D eigenvalue weighted by Crippen LogP contribution is 2.26. The Balaban J connectivity index is 2.17. The van der Waals surface area contributed by atoms with Gasteiger partial charge in [0.1, 0.15) is 6.10 Å². The van der Waals surface area contributed by atoms with Crippen molar-refractivity contribution in [2.45, 2.75) is 19.4 Å². The van der Waals surface area contributed by atoms with Crippen molar-refractivity contribution in [2.75, 3.05) is 18.0 Å². The summed E-state index contributed by atoms with van der Waals surface area (Å²) in [6, 6.07) is 5.53. The average molecular weight is 255 g/mol. The molecule has 1 aromatic carbocycles. The average Bonchev–Trinajstić information content (AvgIpc) is 2.32. The molecule has 0 aliphatic carbocycles. The van der Waals surface area contributed by atoms with Gasteiger partial charge in [-0.25, -0.2) is 4.79 Å². The van der Waals surface area contributed by atoms with Crippen molar-refractivity contribution in [3.05, 3.63) is 28.8 Å². The monoisotopic (exact) mass is 254 g/mol. The molecule has 1 atom stereocenters. The molecule has 0 aromatic heterocycles. The number of rotatable bonds is 2. The molecule has 92 valence electrons. The highest BCUT2D eigenvalue weighted by Gasteiger charge is 2.27. The van der Waals surface area contributed by atoms with Crippen molar-refractivity contribution < 1.29 is 9.53 Å². The standard InChI is InChI=1S/C12H15ClN2O2/c1-8-2-3-9(6-11(8)13)15-5-4-10(7-14)17-12(15)16/h2-3,6,10H,4-5,7,14H2,1H3. The van der Waals surface area contributed by atoms with Crippen LogP contribution in [0, 0.1) is 6.92 Å². The van der Waals surface area contributed by atoms with Gasteiger partial charge in [-0.15, -0.1) is 0 Å². The second kappa shape index (κ2) is 4.94. The fourth-order valence-corrected chi connectivity index (χ4v) is 1.95. The van der Waals surface area contributed by atoms with Crippen molar-refractivity contribution in [1.29, 1.82) is 0 Å². The van der Waals surface area contributed by atoms with E-state index in [1.807, 2.05) is 19.1 Å². The third-order valence-electron chi connectivity index (χ3n) is 2.89. The lowest BCUT2D eigenvalue weighted by Crippen LogP contribution is -2.44. The van der Waals surface area contributed by atoms with E-state index in [0.29, 0.717) is 18.1 Å². The molecule has 2 N–H and O–H groups in total. The summed E-state index contributed by atoms with van der Waals surface area (Å²) in [6.45, 7) is 2.90. The molecule has 1 fully saturated rings. The molecule has 4 nitrogen and oxygen atoms in total. The summed E-state index contributed by atoms with van der Waals surface area (Å²) in [5.41, 5.74) is 7.23. The maximum Gasteiger partial charge on any atom is 0.414 e. The second-order valence-electron chi connectivity index (χ2n) is 4.12. The molecule has 1 unspecified atom stereocenters. The van der Waals surface area contributed by atoms with Crippen LogP contribution in [0.4, 0.5) is 10.5 Å². The molecule has 1 saturated heterocycles. The van der Waals surface area contributed by atoms with Crippen LogP contribution in [0.2, 0.25) is 5.02 Å². The van der Waals surface area contributed by atoms with Gasteiger partial charge in [-0.2, -0.15) is 0 Å². The van der Waals surface area contributed by atoms with Gasteiger partial charge in [-0.05, 0) is 24.6 Å². The Morgan fingerprint density at radius 1 is 1.59 bits per heavy atom. The van der Waals surface area contributed by atoms with Gasteiger partial charge < -0.3 is 10.5 Å². The molecule has 1 amide bonds. The van der Waals surface area contributed by atoms with Gasteiger partial charge in [0.15, 0.2) is 0 Å². The largest absolute Gasteiger partial charge is 0.444 e. The third-order valence-corrected chi connectivity index (χ3v) is 3.30. The van der Waals surface area contributed by atoms with E-state index in [4.69, 9.17) is 22.1 Å². The number of hydrogen-bond acceptors (Lipinski definition) is 3. The number of anilines is 1. The number of cyclic esters (lactones) is 1. The number of amides is 1. The fraction of sp³-hybridized carbons (Fsp3) is 0.417. The minimum Gasteiger partial charge on any atom is -0.444 e. The zero-order valence-electron chi connectivity index (χ0n) is 9.65. The summed E-state index contributed by atoms with van der Waals surface area (Å²) >= 11 is 6.04. The second-order valence-corrected chi connectivity index (χ2v) is 4.52. The van der Waals surface area contributed by atoms with Crippen molar-refractivity contribution >= 4 is 23.4 Å². The van der Waals surface area contributed by atoms with Crippen molar-refractivity contribution in [3.8, 4) is 0 Å². The van der Waals surface area contributed by atoms with Crippen LogP contribution in [-0.4, -0.2) is 25.3 Å². The van der Waals surface area contributed by atoms with E-state index in [1.54, 1.807) is 11.0 Å². The predicted octanol–water partition coefficient (Wildman–Crippen LogP) is 2.32. The number of nitrogens with two attached hydrogens (primary N) is 1. The molecule has 1 aliphatic rings. The number of aryl methyl sites for hydroxylation is 1. The highest BCUT2D eigenvalue weighted by atomic mass is 35.5. The number of ether oxygens (including phenoxy) is 1. The van der Waals surface area contributed by atoms with Gasteiger partial charge in [-0.3, -0.25) is 4.90 Å². The number of carbonyl (C=O) groups excluding carboxylic acids is 1. The molecular formula is C12H15ClN2O2. The molecule has 0 bridgehead atoms. The summed E-state index contributed by atoms with van der Waals surface area (Å²) < 4.78 is 5.19. The zero-order chi connectivity index (χ0) is 12.4. The Labute approximate surface area is 105 Å². The number of benzene rings is 1. The maximum absolute atomic E-state index is 11.8. The Morgan fingerprint density at radius 2 is 2.35 bits per heavy atom. The van der Waals surface area contributed by atoms with Gasteiger partial charge in [0.2, 0.25) is 0 Å². The van der Waals surface area contributed by atoms with Crippen LogP contribution in [0.5, 0.6) is 0 Å². The maximum atomic E-state index is 11.8. The lowest BCUT2D eigenvalue weighted by Gasteiger charge is -2.31. The van der Waals surface area contributed by atoms with Crippen LogP contribution in [-0.2, 0) is 4.74 Å². The van der Waals surface area contributed by atoms with E-state index in [0.717, 1.165) is 17.7 Å². The molecule has 0 saturated carbocycles. The third kappa shape index (κ3) is 2.53. The summed E-state index contributed by atoms with van der Waals surface area (Å²) in [5, 5.41) is 0.649. The van der Waals surface area contributed by atoms with Gasteiger partial charge in [0, 0.05) is 30.2 Å². The Bertz CT molecular complexity index is 437. The predicted molar refractivity (Wildman–Crippen MR) is 67.5 cm³/mol. The Hall–Kier alpha value is -1.26. The number of hydrogen-bond donors (Lipinski definition) is 1. The minimum atomic E-state index is -0.355. The van der Waals surface area contributed by atoms with E-state index < -0.39 is 0 Å². The molecule has 1 aromatic rings. The molecule has 5 heteroatoms. The highest BCUT2D eigenvalue weighted by molar-refractivity contribution is 6.31. The first-order valence-electron chi connectivity index (χ1n) is 5.56. The topological polar surface area (TPSA) is 55.6 Å². The molecule has 1 aliphatic heterocycles. The summed E-state index contributed by atoms with van der Waals surface area (Å²) in [4.78, 5) is 13.3. The number of nitrogens with zero attached hydrogens (tertiary/aromatic N) is 1. The van der Waals surface area contributed by atoms with Crippen LogP contribution >= 0.6 is 11.6 Å². The first-order chi connectivity index (χ1) is 8.11. The molecule has 0 radical (unpaired) electrons. The first-order valence-corrected chi connectivity index (χ1v) is 5.94. The summed E-state index contributed by atoms with van der Waals surface area (Å²) in [6.07, 6.45) is 0.222. The van der Waals surface area contributed by atoms with Gasteiger partial charge in [0.05, 0.1) is 0 Å². The minimum absolute atomic E-state index is 0.167. The van der Waals surface area contributed by atoms with Crippen LogP contribution in [0.1, 0.15) is 12.0 Å². The van der Waals surface area contributed by atoms with E-state index in [-0.39, 0.29) is 12.2 Å².